The summed E-state index contributed by atoms with van der Waals surface area (Å²) in [5.74, 6) is -0.228. The molecule has 0 saturated carbocycles. The van der Waals surface area contributed by atoms with Crippen LogP contribution in [0.5, 0.6) is 0 Å². The number of ether oxygens (including phenoxy) is 1. The van der Waals surface area contributed by atoms with E-state index in [4.69, 9.17) is 4.74 Å². The third-order valence-electron chi connectivity index (χ3n) is 1.82. The van der Waals surface area contributed by atoms with Crippen molar-refractivity contribution in [2.75, 3.05) is 6.61 Å². The summed E-state index contributed by atoms with van der Waals surface area (Å²) in [5, 5.41) is 0. The van der Waals surface area contributed by atoms with E-state index in [1.165, 1.54) is 0 Å². The van der Waals surface area contributed by atoms with Gasteiger partial charge in [-0.15, -0.1) is 0 Å². The van der Waals surface area contributed by atoms with E-state index < -0.39 is 0 Å². The average molecular weight is 181 g/mol. The summed E-state index contributed by atoms with van der Waals surface area (Å²) in [4.78, 5) is 11.4. The maximum atomic E-state index is 11.4. The van der Waals surface area contributed by atoms with Gasteiger partial charge in [-0.05, 0) is 25.5 Å². The Morgan fingerprint density at radius 2 is 2.31 bits per heavy atom. The monoisotopic (exact) mass is 181 g/mol. The van der Waals surface area contributed by atoms with E-state index in [-0.39, 0.29) is 5.97 Å². The van der Waals surface area contributed by atoms with Crippen molar-refractivity contribution in [2.24, 2.45) is 0 Å². The molecule has 0 amide bonds. The number of carbonyl (C=O) groups is 1. The predicted octanol–water partition coefficient (Wildman–Crippen LogP) is 2.07. The third kappa shape index (κ3) is 2.34. The van der Waals surface area contributed by atoms with Crippen molar-refractivity contribution in [2.45, 2.75) is 26.8 Å². The van der Waals surface area contributed by atoms with Crippen molar-refractivity contribution < 1.29 is 9.53 Å². The zero-order valence-electron chi connectivity index (χ0n) is 8.12. The van der Waals surface area contributed by atoms with Crippen LogP contribution in [0.25, 0.3) is 0 Å². The van der Waals surface area contributed by atoms with Crippen molar-refractivity contribution in [3.63, 3.8) is 0 Å². The molecule has 13 heavy (non-hydrogen) atoms. The highest BCUT2D eigenvalue weighted by atomic mass is 16.5. The van der Waals surface area contributed by atoms with Gasteiger partial charge in [0.25, 0.3) is 0 Å². The van der Waals surface area contributed by atoms with Crippen LogP contribution >= 0.6 is 0 Å². The van der Waals surface area contributed by atoms with Crippen LogP contribution in [0.15, 0.2) is 18.3 Å². The fourth-order valence-electron chi connectivity index (χ4n) is 1.14. The summed E-state index contributed by atoms with van der Waals surface area (Å²) in [6.07, 6.45) is 2.74. The van der Waals surface area contributed by atoms with Crippen LogP contribution in [0.3, 0.4) is 0 Å². The van der Waals surface area contributed by atoms with Crippen molar-refractivity contribution in [1.29, 1.82) is 0 Å². The molecule has 0 fully saturated rings. The first kappa shape index (κ1) is 9.84. The van der Waals surface area contributed by atoms with E-state index in [0.29, 0.717) is 12.3 Å². The lowest BCUT2D eigenvalue weighted by molar-refractivity contribution is 0.0493. The van der Waals surface area contributed by atoms with Crippen LogP contribution in [0.2, 0.25) is 0 Å². The van der Waals surface area contributed by atoms with E-state index in [2.05, 4.69) is 0 Å². The minimum atomic E-state index is -0.228. The standard InChI is InChI=1S/C10H15NO2/c1-3-8-13-10(12)9-6-5-7-11(9)4-2/h5-7H,3-4,8H2,1-2H3. The fourth-order valence-corrected chi connectivity index (χ4v) is 1.14. The van der Waals surface area contributed by atoms with Crippen molar-refractivity contribution in [1.82, 2.24) is 4.57 Å². The van der Waals surface area contributed by atoms with E-state index in [1.54, 1.807) is 6.07 Å². The van der Waals surface area contributed by atoms with Gasteiger partial charge in [0.05, 0.1) is 6.61 Å². The largest absolute Gasteiger partial charge is 0.461 e. The molecule has 0 unspecified atom stereocenters. The summed E-state index contributed by atoms with van der Waals surface area (Å²) in [7, 11) is 0. The van der Waals surface area contributed by atoms with E-state index in [0.717, 1.165) is 13.0 Å². The minimum absolute atomic E-state index is 0.228. The Labute approximate surface area is 78.3 Å². The number of aromatic nitrogens is 1. The quantitative estimate of drug-likeness (QED) is 0.666. The molecule has 0 spiro atoms. The SMILES string of the molecule is CCCOC(=O)c1cccn1CC. The highest BCUT2D eigenvalue weighted by molar-refractivity contribution is 5.87. The van der Waals surface area contributed by atoms with Gasteiger partial charge < -0.3 is 9.30 Å². The molecular weight excluding hydrogens is 166 g/mol. The molecule has 1 aromatic heterocycles. The second kappa shape index (κ2) is 4.70. The Morgan fingerprint density at radius 3 is 2.92 bits per heavy atom. The Balaban J connectivity index is 2.65. The van der Waals surface area contributed by atoms with Crippen LogP contribution < -0.4 is 0 Å². The first-order chi connectivity index (χ1) is 6.29. The van der Waals surface area contributed by atoms with Gasteiger partial charge in [0.15, 0.2) is 0 Å². The molecule has 1 aromatic rings. The van der Waals surface area contributed by atoms with Crippen LogP contribution in [-0.2, 0) is 11.3 Å². The lowest BCUT2D eigenvalue weighted by Gasteiger charge is -2.05. The van der Waals surface area contributed by atoms with Gasteiger partial charge in [0, 0.05) is 12.7 Å². The molecule has 0 radical (unpaired) electrons. The summed E-state index contributed by atoms with van der Waals surface area (Å²) in [6, 6.07) is 3.63. The third-order valence-corrected chi connectivity index (χ3v) is 1.82. The molecule has 0 aliphatic heterocycles. The van der Waals surface area contributed by atoms with E-state index in [9.17, 15) is 4.79 Å². The number of carbonyl (C=O) groups excluding carboxylic acids is 1. The molecule has 0 atom stereocenters. The Kier molecular flexibility index (Phi) is 3.55. The molecule has 0 N–H and O–H groups in total. The second-order valence-electron chi connectivity index (χ2n) is 2.82. The molecule has 1 heterocycles. The summed E-state index contributed by atoms with van der Waals surface area (Å²) >= 11 is 0. The molecule has 0 aliphatic carbocycles. The molecule has 1 rings (SSSR count). The number of hydrogen-bond donors (Lipinski definition) is 0. The van der Waals surface area contributed by atoms with E-state index in [1.807, 2.05) is 30.7 Å². The van der Waals surface area contributed by atoms with Crippen LogP contribution in [0, 0.1) is 0 Å². The van der Waals surface area contributed by atoms with Crippen LogP contribution in [-0.4, -0.2) is 17.1 Å². The zero-order chi connectivity index (χ0) is 9.68. The predicted molar refractivity (Wildman–Crippen MR) is 50.7 cm³/mol. The molecule has 3 heteroatoms. The topological polar surface area (TPSA) is 31.2 Å². The molecule has 72 valence electrons. The molecule has 0 saturated heterocycles. The number of aryl methyl sites for hydroxylation is 1. The molecule has 3 nitrogen and oxygen atoms in total. The lowest BCUT2D eigenvalue weighted by atomic mass is 10.4. The average Bonchev–Trinajstić information content (AvgIpc) is 2.61. The maximum absolute atomic E-state index is 11.4. The second-order valence-corrected chi connectivity index (χ2v) is 2.82. The fraction of sp³-hybridized carbons (Fsp3) is 0.500. The number of esters is 1. The summed E-state index contributed by atoms with van der Waals surface area (Å²) in [5.41, 5.74) is 0.635. The van der Waals surface area contributed by atoms with Crippen molar-refractivity contribution >= 4 is 5.97 Å². The Hall–Kier alpha value is -1.25. The van der Waals surface area contributed by atoms with Crippen LogP contribution in [0.4, 0.5) is 0 Å². The number of rotatable bonds is 4. The van der Waals surface area contributed by atoms with Crippen LogP contribution in [0.1, 0.15) is 30.8 Å². The minimum Gasteiger partial charge on any atom is -0.461 e. The van der Waals surface area contributed by atoms with Gasteiger partial charge in [-0.25, -0.2) is 4.79 Å². The molecule has 0 bridgehead atoms. The van der Waals surface area contributed by atoms with E-state index >= 15 is 0 Å². The Bertz CT molecular complexity index is 278. The van der Waals surface area contributed by atoms with Crippen molar-refractivity contribution in [3.05, 3.63) is 24.0 Å². The molecule has 0 aliphatic rings. The lowest BCUT2D eigenvalue weighted by Crippen LogP contribution is -2.11. The van der Waals surface area contributed by atoms with Gasteiger partial charge in [0.2, 0.25) is 0 Å². The highest BCUT2D eigenvalue weighted by Crippen LogP contribution is 2.04. The smallest absolute Gasteiger partial charge is 0.354 e. The van der Waals surface area contributed by atoms with Gasteiger partial charge in [-0.1, -0.05) is 6.92 Å². The Morgan fingerprint density at radius 1 is 1.54 bits per heavy atom. The summed E-state index contributed by atoms with van der Waals surface area (Å²) in [6.45, 7) is 5.26. The first-order valence-corrected chi connectivity index (χ1v) is 4.61. The normalized spacial score (nSPS) is 10.0. The van der Waals surface area contributed by atoms with Gasteiger partial charge >= 0.3 is 5.97 Å². The maximum Gasteiger partial charge on any atom is 0.354 e. The van der Waals surface area contributed by atoms with Gasteiger partial charge in [-0.3, -0.25) is 0 Å². The highest BCUT2D eigenvalue weighted by Gasteiger charge is 2.09. The van der Waals surface area contributed by atoms with Gasteiger partial charge in [0.1, 0.15) is 5.69 Å². The zero-order valence-corrected chi connectivity index (χ0v) is 8.12. The summed E-state index contributed by atoms with van der Waals surface area (Å²) < 4.78 is 6.89. The van der Waals surface area contributed by atoms with Crippen molar-refractivity contribution in [3.8, 4) is 0 Å². The molecular formula is C10H15NO2. The molecule has 0 aromatic carbocycles. The van der Waals surface area contributed by atoms with Gasteiger partial charge in [-0.2, -0.15) is 0 Å². The first-order valence-electron chi connectivity index (χ1n) is 4.61. The number of hydrogen-bond acceptors (Lipinski definition) is 2. The number of nitrogens with zero attached hydrogens (tertiary/aromatic N) is 1.